The SMILES string of the molecule is O=C(O)CS(=O)(=O)Nc1ccccc1Br. The highest BCUT2D eigenvalue weighted by Gasteiger charge is 2.16. The molecule has 0 aliphatic heterocycles. The number of carboxylic acid groups (broad SMARTS) is 1. The van der Waals surface area contributed by atoms with Crippen molar-refractivity contribution in [1.29, 1.82) is 0 Å². The van der Waals surface area contributed by atoms with Crippen molar-refractivity contribution in [2.45, 2.75) is 0 Å². The standard InChI is InChI=1S/C8H8BrNO4S/c9-6-3-1-2-4-7(6)10-15(13,14)5-8(11)12/h1-4,10H,5H2,(H,11,12). The van der Waals surface area contributed by atoms with Crippen molar-refractivity contribution in [2.24, 2.45) is 0 Å². The summed E-state index contributed by atoms with van der Waals surface area (Å²) in [6.07, 6.45) is 0. The Morgan fingerprint density at radius 2 is 2.00 bits per heavy atom. The Hall–Kier alpha value is -1.08. The summed E-state index contributed by atoms with van der Waals surface area (Å²) in [6, 6.07) is 6.55. The fourth-order valence-electron chi connectivity index (χ4n) is 0.910. The van der Waals surface area contributed by atoms with Crippen LogP contribution in [-0.2, 0) is 14.8 Å². The largest absolute Gasteiger partial charge is 0.480 e. The third-order valence-corrected chi connectivity index (χ3v) is 3.30. The van der Waals surface area contributed by atoms with Gasteiger partial charge in [0.1, 0.15) is 0 Å². The Morgan fingerprint density at radius 3 is 2.53 bits per heavy atom. The maximum Gasteiger partial charge on any atom is 0.320 e. The van der Waals surface area contributed by atoms with Crippen molar-refractivity contribution in [2.75, 3.05) is 10.5 Å². The minimum atomic E-state index is -3.84. The lowest BCUT2D eigenvalue weighted by molar-refractivity contribution is -0.134. The predicted molar refractivity (Wildman–Crippen MR) is 59.2 cm³/mol. The van der Waals surface area contributed by atoms with Crippen LogP contribution in [0, 0.1) is 0 Å². The minimum absolute atomic E-state index is 0.318. The maximum atomic E-state index is 11.2. The lowest BCUT2D eigenvalue weighted by Crippen LogP contribution is -2.22. The zero-order chi connectivity index (χ0) is 11.5. The molecule has 0 aromatic heterocycles. The fourth-order valence-corrected chi connectivity index (χ4v) is 2.34. The Balaban J connectivity index is 2.87. The number of para-hydroxylation sites is 1. The first kappa shape index (κ1) is 12.0. The van der Waals surface area contributed by atoms with E-state index in [4.69, 9.17) is 5.11 Å². The van der Waals surface area contributed by atoms with Gasteiger partial charge in [-0.2, -0.15) is 0 Å². The van der Waals surface area contributed by atoms with Crippen molar-refractivity contribution >= 4 is 37.6 Å². The summed E-state index contributed by atoms with van der Waals surface area (Å²) in [7, 11) is -3.84. The Kier molecular flexibility index (Phi) is 3.70. The number of nitrogens with one attached hydrogen (secondary N) is 1. The van der Waals surface area contributed by atoms with E-state index >= 15 is 0 Å². The summed E-state index contributed by atoms with van der Waals surface area (Å²) < 4.78 is 25.2. The first-order valence-electron chi connectivity index (χ1n) is 3.87. The molecule has 0 saturated carbocycles. The van der Waals surface area contributed by atoms with Crippen LogP contribution in [0.2, 0.25) is 0 Å². The molecule has 5 nitrogen and oxygen atoms in total. The van der Waals surface area contributed by atoms with Crippen LogP contribution in [0.15, 0.2) is 28.7 Å². The number of carboxylic acids is 1. The number of carbonyl (C=O) groups is 1. The van der Waals surface area contributed by atoms with Gasteiger partial charge in [-0.05, 0) is 28.1 Å². The average Bonchev–Trinajstić information content (AvgIpc) is 2.06. The molecule has 1 aromatic carbocycles. The first-order valence-corrected chi connectivity index (χ1v) is 6.32. The molecular formula is C8H8BrNO4S. The molecule has 0 heterocycles. The van der Waals surface area contributed by atoms with Gasteiger partial charge in [-0.25, -0.2) is 8.42 Å². The second kappa shape index (κ2) is 4.63. The molecule has 7 heteroatoms. The summed E-state index contributed by atoms with van der Waals surface area (Å²) >= 11 is 3.14. The molecule has 0 aliphatic carbocycles. The molecule has 0 atom stereocenters. The summed E-state index contributed by atoms with van der Waals surface area (Å²) in [5.41, 5.74) is 0.318. The van der Waals surface area contributed by atoms with Crippen LogP contribution in [0.3, 0.4) is 0 Å². The predicted octanol–water partition coefficient (Wildman–Crippen LogP) is 1.28. The lowest BCUT2D eigenvalue weighted by atomic mass is 10.3. The molecule has 0 saturated heterocycles. The summed E-state index contributed by atoms with van der Waals surface area (Å²) in [6.45, 7) is 0. The van der Waals surface area contributed by atoms with E-state index in [-0.39, 0.29) is 0 Å². The Bertz CT molecular complexity index is 471. The van der Waals surface area contributed by atoms with Crippen molar-refractivity contribution in [3.05, 3.63) is 28.7 Å². The zero-order valence-corrected chi connectivity index (χ0v) is 9.88. The summed E-state index contributed by atoms with van der Waals surface area (Å²) in [5, 5.41) is 8.37. The van der Waals surface area contributed by atoms with Gasteiger partial charge in [0.15, 0.2) is 5.75 Å². The van der Waals surface area contributed by atoms with Crippen LogP contribution in [0.1, 0.15) is 0 Å². The van der Waals surface area contributed by atoms with Gasteiger partial charge in [0, 0.05) is 4.47 Å². The third kappa shape index (κ3) is 3.88. The minimum Gasteiger partial charge on any atom is -0.480 e. The number of halogens is 1. The van der Waals surface area contributed by atoms with E-state index in [1.165, 1.54) is 6.07 Å². The molecule has 15 heavy (non-hydrogen) atoms. The van der Waals surface area contributed by atoms with Gasteiger partial charge < -0.3 is 5.11 Å². The van der Waals surface area contributed by atoms with E-state index in [1.807, 2.05) is 0 Å². The van der Waals surface area contributed by atoms with Gasteiger partial charge in [-0.15, -0.1) is 0 Å². The maximum absolute atomic E-state index is 11.2. The van der Waals surface area contributed by atoms with E-state index in [2.05, 4.69) is 20.7 Å². The smallest absolute Gasteiger partial charge is 0.320 e. The molecule has 0 radical (unpaired) electrons. The lowest BCUT2D eigenvalue weighted by Gasteiger charge is -2.07. The number of benzene rings is 1. The molecule has 2 N–H and O–H groups in total. The van der Waals surface area contributed by atoms with E-state index < -0.39 is 21.7 Å². The number of rotatable bonds is 4. The molecule has 0 amide bonds. The molecule has 0 spiro atoms. The summed E-state index contributed by atoms with van der Waals surface area (Å²) in [4.78, 5) is 10.3. The molecule has 0 fully saturated rings. The van der Waals surface area contributed by atoms with E-state index in [0.29, 0.717) is 10.2 Å². The van der Waals surface area contributed by atoms with Gasteiger partial charge >= 0.3 is 5.97 Å². The topological polar surface area (TPSA) is 83.5 Å². The van der Waals surface area contributed by atoms with Crippen LogP contribution in [0.4, 0.5) is 5.69 Å². The number of hydrogen-bond acceptors (Lipinski definition) is 3. The molecule has 0 aliphatic rings. The zero-order valence-electron chi connectivity index (χ0n) is 7.47. The van der Waals surface area contributed by atoms with E-state index in [1.54, 1.807) is 18.2 Å². The van der Waals surface area contributed by atoms with Gasteiger partial charge in [0.2, 0.25) is 10.0 Å². The number of hydrogen-bond donors (Lipinski definition) is 2. The van der Waals surface area contributed by atoms with Crippen molar-refractivity contribution in [3.8, 4) is 0 Å². The van der Waals surface area contributed by atoms with Crippen molar-refractivity contribution in [3.63, 3.8) is 0 Å². The molecular weight excluding hydrogens is 286 g/mol. The quantitative estimate of drug-likeness (QED) is 0.876. The molecule has 1 rings (SSSR count). The summed E-state index contributed by atoms with van der Waals surface area (Å²) in [5.74, 6) is -2.34. The second-order valence-electron chi connectivity index (χ2n) is 2.73. The average molecular weight is 294 g/mol. The molecule has 1 aromatic rings. The molecule has 0 bridgehead atoms. The van der Waals surface area contributed by atoms with Gasteiger partial charge in [-0.3, -0.25) is 9.52 Å². The molecule has 82 valence electrons. The highest BCUT2D eigenvalue weighted by atomic mass is 79.9. The normalized spacial score (nSPS) is 11.0. The van der Waals surface area contributed by atoms with E-state index in [0.717, 1.165) is 0 Å². The number of sulfonamides is 1. The molecule has 0 unspecified atom stereocenters. The highest BCUT2D eigenvalue weighted by Crippen LogP contribution is 2.22. The highest BCUT2D eigenvalue weighted by molar-refractivity contribution is 9.10. The van der Waals surface area contributed by atoms with Gasteiger partial charge in [0.05, 0.1) is 5.69 Å². The van der Waals surface area contributed by atoms with Crippen LogP contribution in [0.25, 0.3) is 0 Å². The van der Waals surface area contributed by atoms with Crippen LogP contribution in [-0.4, -0.2) is 25.2 Å². The van der Waals surface area contributed by atoms with Crippen LogP contribution < -0.4 is 4.72 Å². The Morgan fingerprint density at radius 1 is 1.40 bits per heavy atom. The first-order chi connectivity index (χ1) is 6.91. The third-order valence-electron chi connectivity index (χ3n) is 1.45. The monoisotopic (exact) mass is 293 g/mol. The second-order valence-corrected chi connectivity index (χ2v) is 5.31. The van der Waals surface area contributed by atoms with Crippen LogP contribution in [0.5, 0.6) is 0 Å². The van der Waals surface area contributed by atoms with Gasteiger partial charge in [0.25, 0.3) is 0 Å². The Labute approximate surface area is 95.3 Å². The van der Waals surface area contributed by atoms with Gasteiger partial charge in [-0.1, -0.05) is 12.1 Å². The number of aliphatic carboxylic acids is 1. The van der Waals surface area contributed by atoms with Crippen molar-refractivity contribution < 1.29 is 18.3 Å². The number of anilines is 1. The van der Waals surface area contributed by atoms with E-state index in [9.17, 15) is 13.2 Å². The fraction of sp³-hybridized carbons (Fsp3) is 0.125. The van der Waals surface area contributed by atoms with Crippen molar-refractivity contribution in [1.82, 2.24) is 0 Å². The van der Waals surface area contributed by atoms with Crippen LogP contribution >= 0.6 is 15.9 Å².